The van der Waals surface area contributed by atoms with Gasteiger partial charge in [0.15, 0.2) is 0 Å². The summed E-state index contributed by atoms with van der Waals surface area (Å²) in [5, 5.41) is 0. The maximum absolute atomic E-state index is 11.6. The summed E-state index contributed by atoms with van der Waals surface area (Å²) in [7, 11) is 0. The zero-order valence-electron chi connectivity index (χ0n) is 13.9. The van der Waals surface area contributed by atoms with E-state index in [1.165, 1.54) is 6.92 Å². The lowest BCUT2D eigenvalue weighted by molar-refractivity contribution is -0.388. The van der Waals surface area contributed by atoms with E-state index >= 15 is 0 Å². The van der Waals surface area contributed by atoms with Gasteiger partial charge >= 0.3 is 5.97 Å². The fraction of sp³-hybridized carbons (Fsp3) is 0.867. The molecule has 0 aliphatic heterocycles. The summed E-state index contributed by atoms with van der Waals surface area (Å²) >= 11 is 0. The van der Waals surface area contributed by atoms with Gasteiger partial charge in [-0.05, 0) is 19.8 Å². The Morgan fingerprint density at radius 2 is 1.73 bits per heavy atom. The van der Waals surface area contributed by atoms with Gasteiger partial charge in [-0.15, -0.1) is 0 Å². The Morgan fingerprint density at radius 3 is 2.27 bits per heavy atom. The number of halogens is 1. The summed E-state index contributed by atoms with van der Waals surface area (Å²) < 4.78 is 10.3. The topological polar surface area (TPSA) is 108 Å². The van der Waals surface area contributed by atoms with Gasteiger partial charge in [0, 0.05) is 24.7 Å². The van der Waals surface area contributed by atoms with Crippen LogP contribution < -0.4 is 23.9 Å². The molecule has 132 valence electrons. The highest BCUT2D eigenvalue weighted by Gasteiger charge is 2.16. The van der Waals surface area contributed by atoms with Crippen molar-refractivity contribution >= 4 is 11.8 Å². The van der Waals surface area contributed by atoms with Crippen LogP contribution in [0.15, 0.2) is 0 Å². The molecule has 0 aliphatic rings. The van der Waals surface area contributed by atoms with E-state index in [9.17, 15) is 9.59 Å². The second kappa shape index (κ2) is 15.2. The lowest BCUT2D eigenvalue weighted by Crippen LogP contribution is -3.00. The molecule has 0 saturated carbocycles. The minimum atomic E-state index is -0.189. The quantitative estimate of drug-likeness (QED) is 0.267. The molecule has 22 heavy (non-hydrogen) atoms. The van der Waals surface area contributed by atoms with E-state index in [2.05, 4.69) is 18.4 Å². The molecule has 0 rings (SSSR count). The van der Waals surface area contributed by atoms with Crippen LogP contribution in [0.25, 0.3) is 0 Å². The van der Waals surface area contributed by atoms with Crippen LogP contribution in [0, 0.1) is 11.8 Å². The number of hydrogen-bond donors (Lipinski definition) is 2. The van der Waals surface area contributed by atoms with Crippen LogP contribution in [0.2, 0.25) is 0 Å². The molecule has 6 nitrogen and oxygen atoms in total. The molecule has 7 heteroatoms. The highest BCUT2D eigenvalue weighted by atomic mass is 35.5. The van der Waals surface area contributed by atoms with Crippen LogP contribution in [0.4, 0.5) is 0 Å². The second-order valence-corrected chi connectivity index (χ2v) is 5.61. The average Bonchev–Trinajstić information content (AvgIpc) is 2.46. The maximum atomic E-state index is 11.6. The number of carbonyl (C=O) groups excluding carboxylic acids is 2. The number of esters is 1. The molecule has 0 heterocycles. The number of quaternary nitrogens is 2. The van der Waals surface area contributed by atoms with Crippen LogP contribution in [-0.2, 0) is 19.1 Å². The van der Waals surface area contributed by atoms with Crippen molar-refractivity contribution in [1.82, 2.24) is 0 Å². The van der Waals surface area contributed by atoms with Gasteiger partial charge in [-0.25, -0.2) is 0 Å². The molecule has 6 N–H and O–H groups in total. The minimum absolute atomic E-state index is 0. The SMILES string of the molecule is CC(=O)CCOCCOC(=O)CCC(C[NH3+])CC(C)C[NH3+].[Cl-]. The Labute approximate surface area is 139 Å². The molecule has 0 radical (unpaired) electrons. The first-order chi connectivity index (χ1) is 9.99. The number of carbonyl (C=O) groups is 2. The summed E-state index contributed by atoms with van der Waals surface area (Å²) in [6, 6.07) is 0. The predicted octanol–water partition coefficient (Wildman–Crippen LogP) is -3.56. The Kier molecular flexibility index (Phi) is 16.3. The Bertz CT molecular complexity index is 303. The summed E-state index contributed by atoms with van der Waals surface area (Å²) in [5.74, 6) is 0.942. The van der Waals surface area contributed by atoms with E-state index in [1.54, 1.807) is 0 Å². The summed E-state index contributed by atoms with van der Waals surface area (Å²) in [6.07, 6.45) is 2.72. The van der Waals surface area contributed by atoms with Crippen LogP contribution >= 0.6 is 0 Å². The van der Waals surface area contributed by atoms with Crippen LogP contribution in [0.3, 0.4) is 0 Å². The van der Waals surface area contributed by atoms with E-state index in [0.717, 1.165) is 25.9 Å². The fourth-order valence-electron chi connectivity index (χ4n) is 1.99. The van der Waals surface area contributed by atoms with E-state index in [4.69, 9.17) is 9.47 Å². The van der Waals surface area contributed by atoms with Crippen LogP contribution in [0.1, 0.15) is 39.5 Å². The van der Waals surface area contributed by atoms with Gasteiger partial charge in [-0.3, -0.25) is 9.59 Å². The normalized spacial score (nSPS) is 13.1. The maximum Gasteiger partial charge on any atom is 0.305 e. The fourth-order valence-corrected chi connectivity index (χ4v) is 1.99. The van der Waals surface area contributed by atoms with Crippen LogP contribution in [-0.4, -0.2) is 44.7 Å². The molecule has 0 saturated heterocycles. The number of ketones is 1. The van der Waals surface area contributed by atoms with E-state index in [0.29, 0.717) is 37.9 Å². The van der Waals surface area contributed by atoms with E-state index in [-0.39, 0.29) is 30.8 Å². The lowest BCUT2D eigenvalue weighted by atomic mass is 9.92. The van der Waals surface area contributed by atoms with Crippen molar-refractivity contribution in [2.45, 2.75) is 39.5 Å². The van der Waals surface area contributed by atoms with Crippen molar-refractivity contribution in [3.63, 3.8) is 0 Å². The van der Waals surface area contributed by atoms with Gasteiger partial charge in [-0.2, -0.15) is 0 Å². The Morgan fingerprint density at radius 1 is 1.05 bits per heavy atom. The minimum Gasteiger partial charge on any atom is -1.00 e. The molecule has 0 aromatic heterocycles. The van der Waals surface area contributed by atoms with Crippen LogP contribution in [0.5, 0.6) is 0 Å². The predicted molar refractivity (Wildman–Crippen MR) is 79.1 cm³/mol. The molecule has 2 unspecified atom stereocenters. The Hall–Kier alpha value is -0.690. The standard InChI is InChI=1S/C15H30N2O4.ClH/c1-12(10-16)9-14(11-17)3-4-15(19)21-8-7-20-6-5-13(2)18;/h12,14H,3-11,16-17H2,1-2H3;1H/p+1. The smallest absolute Gasteiger partial charge is 0.305 e. The number of Topliss-reactive ketones (excluding diaryl/α,β-unsaturated/α-hetero) is 1. The summed E-state index contributed by atoms with van der Waals surface area (Å²) in [6.45, 7) is 6.44. The van der Waals surface area contributed by atoms with Gasteiger partial charge in [-0.1, -0.05) is 6.92 Å². The zero-order valence-corrected chi connectivity index (χ0v) is 14.7. The van der Waals surface area contributed by atoms with Crippen molar-refractivity contribution in [3.8, 4) is 0 Å². The number of rotatable bonds is 13. The first kappa shape index (κ1) is 23.6. The molecule has 0 aromatic rings. The van der Waals surface area contributed by atoms with E-state index in [1.807, 2.05) is 0 Å². The van der Waals surface area contributed by atoms with Gasteiger partial charge in [0.2, 0.25) is 0 Å². The summed E-state index contributed by atoms with van der Waals surface area (Å²) in [4.78, 5) is 22.3. The lowest BCUT2D eigenvalue weighted by Gasteiger charge is -2.15. The monoisotopic (exact) mass is 339 g/mol. The third-order valence-corrected chi connectivity index (χ3v) is 3.48. The molecular weight excluding hydrogens is 308 g/mol. The van der Waals surface area contributed by atoms with E-state index < -0.39 is 0 Å². The number of ether oxygens (including phenoxy) is 2. The molecule has 0 bridgehead atoms. The average molecular weight is 340 g/mol. The largest absolute Gasteiger partial charge is 1.00 e. The van der Waals surface area contributed by atoms with Gasteiger partial charge < -0.3 is 33.3 Å². The third kappa shape index (κ3) is 14.3. The molecular formula is C15H32ClN2O4+. The first-order valence-corrected chi connectivity index (χ1v) is 7.80. The highest BCUT2D eigenvalue weighted by Crippen LogP contribution is 2.15. The molecule has 0 aromatic carbocycles. The van der Waals surface area contributed by atoms with Gasteiger partial charge in [0.1, 0.15) is 12.4 Å². The molecule has 0 spiro atoms. The second-order valence-electron chi connectivity index (χ2n) is 5.61. The number of hydrogen-bond acceptors (Lipinski definition) is 4. The molecule has 0 amide bonds. The Balaban J connectivity index is 0. The van der Waals surface area contributed by atoms with Gasteiger partial charge in [0.05, 0.1) is 26.3 Å². The van der Waals surface area contributed by atoms with Gasteiger partial charge in [0.25, 0.3) is 0 Å². The van der Waals surface area contributed by atoms with Crippen molar-refractivity contribution in [2.24, 2.45) is 11.8 Å². The third-order valence-electron chi connectivity index (χ3n) is 3.48. The zero-order chi connectivity index (χ0) is 16.1. The first-order valence-electron chi connectivity index (χ1n) is 7.80. The van der Waals surface area contributed by atoms with Crippen molar-refractivity contribution in [1.29, 1.82) is 0 Å². The van der Waals surface area contributed by atoms with Crippen molar-refractivity contribution in [2.75, 3.05) is 32.9 Å². The summed E-state index contributed by atoms with van der Waals surface area (Å²) in [5.41, 5.74) is 7.84. The van der Waals surface area contributed by atoms with Crippen molar-refractivity contribution < 1.29 is 42.9 Å². The molecule has 0 aliphatic carbocycles. The molecule has 0 fully saturated rings. The molecule has 2 atom stereocenters. The highest BCUT2D eigenvalue weighted by molar-refractivity contribution is 5.75. The van der Waals surface area contributed by atoms with Crippen molar-refractivity contribution in [3.05, 3.63) is 0 Å².